The normalized spacial score (nSPS) is 12.8. The highest BCUT2D eigenvalue weighted by Crippen LogP contribution is 2.19. The summed E-state index contributed by atoms with van der Waals surface area (Å²) in [6.07, 6.45) is -2.17. The molecule has 1 aromatic carbocycles. The summed E-state index contributed by atoms with van der Waals surface area (Å²) in [6, 6.07) is 2.87. The molecule has 59 heavy (non-hydrogen) atoms. The fraction of sp³-hybridized carbons (Fsp3) is 0.684. The van der Waals surface area contributed by atoms with Crippen molar-refractivity contribution in [1.82, 2.24) is 31.9 Å². The highest BCUT2D eigenvalue weighted by atomic mass is 16.6. The van der Waals surface area contributed by atoms with Crippen molar-refractivity contribution in [3.63, 3.8) is 0 Å². The lowest BCUT2D eigenvalue weighted by atomic mass is 10.0. The van der Waals surface area contributed by atoms with Gasteiger partial charge in [0.25, 0.3) is 0 Å². The van der Waals surface area contributed by atoms with Gasteiger partial charge < -0.3 is 76.3 Å². The number of carbonyl (C=O) groups is 6. The Kier molecular flexibility index (Phi) is 26.6. The molecule has 1 rings (SSSR count). The number of carbonyl (C=O) groups excluding carboxylic acids is 4. The van der Waals surface area contributed by atoms with Crippen molar-refractivity contribution in [3.8, 4) is 5.75 Å². The van der Waals surface area contributed by atoms with Gasteiger partial charge in [0.05, 0.1) is 66.1 Å². The van der Waals surface area contributed by atoms with Crippen LogP contribution in [0.3, 0.4) is 0 Å². The zero-order valence-corrected chi connectivity index (χ0v) is 34.8. The third kappa shape index (κ3) is 27.4. The number of nitrogens with one attached hydrogen (secondary N) is 6. The van der Waals surface area contributed by atoms with Crippen LogP contribution in [0.15, 0.2) is 24.3 Å². The van der Waals surface area contributed by atoms with E-state index in [0.717, 1.165) is 0 Å². The Labute approximate surface area is 345 Å². The van der Waals surface area contributed by atoms with Crippen molar-refractivity contribution in [2.75, 3.05) is 85.7 Å². The SMILES string of the molecule is CC(C)[C@H](NC(=O)O)C(=O)N[C@@H](CCCNC(N)=O)C(=O)N[C@@H](Cc1ccc(OC(C)(C)C)cc1)C(=O)NCCOCCOCCOCCOCCOCCNC(=O)O. The van der Waals surface area contributed by atoms with Gasteiger partial charge in [0.1, 0.15) is 29.5 Å². The predicted molar refractivity (Wildman–Crippen MR) is 214 cm³/mol. The number of carboxylic acid groups (broad SMARTS) is 2. The fourth-order valence-corrected chi connectivity index (χ4v) is 5.06. The van der Waals surface area contributed by atoms with Crippen LogP contribution in [0.4, 0.5) is 14.4 Å². The number of nitrogens with two attached hydrogens (primary N) is 1. The second-order valence-corrected chi connectivity index (χ2v) is 14.4. The van der Waals surface area contributed by atoms with Crippen molar-refractivity contribution in [1.29, 1.82) is 0 Å². The monoisotopic (exact) mass is 843 g/mol. The van der Waals surface area contributed by atoms with Crippen molar-refractivity contribution in [3.05, 3.63) is 29.8 Å². The lowest BCUT2D eigenvalue weighted by Gasteiger charge is -2.26. The third-order valence-electron chi connectivity index (χ3n) is 7.81. The minimum Gasteiger partial charge on any atom is -0.488 e. The number of hydrogen-bond acceptors (Lipinski definition) is 12. The molecule has 0 aliphatic rings. The molecule has 0 spiro atoms. The van der Waals surface area contributed by atoms with Crippen molar-refractivity contribution in [2.24, 2.45) is 11.7 Å². The van der Waals surface area contributed by atoms with Crippen LogP contribution in [-0.2, 0) is 44.5 Å². The van der Waals surface area contributed by atoms with Gasteiger partial charge in [-0.2, -0.15) is 0 Å². The molecular formula is C38H65N7O14. The van der Waals surface area contributed by atoms with E-state index in [9.17, 15) is 33.9 Å². The Morgan fingerprint density at radius 2 is 1.10 bits per heavy atom. The van der Waals surface area contributed by atoms with Crippen LogP contribution in [0, 0.1) is 5.92 Å². The van der Waals surface area contributed by atoms with Crippen LogP contribution in [0.5, 0.6) is 5.75 Å². The molecule has 21 nitrogen and oxygen atoms in total. The van der Waals surface area contributed by atoms with Gasteiger partial charge in [0.15, 0.2) is 0 Å². The van der Waals surface area contributed by atoms with Crippen LogP contribution in [0.2, 0.25) is 0 Å². The number of amides is 7. The number of ether oxygens (including phenoxy) is 6. The molecule has 0 heterocycles. The zero-order chi connectivity index (χ0) is 44.1. The molecule has 0 fully saturated rings. The van der Waals surface area contributed by atoms with E-state index < -0.39 is 65.6 Å². The van der Waals surface area contributed by atoms with E-state index in [4.69, 9.17) is 39.3 Å². The molecule has 0 radical (unpaired) electrons. The van der Waals surface area contributed by atoms with Gasteiger partial charge in [-0.05, 0) is 57.2 Å². The van der Waals surface area contributed by atoms with Gasteiger partial charge in [-0.1, -0.05) is 26.0 Å². The summed E-state index contributed by atoms with van der Waals surface area (Å²) < 4.78 is 33.0. The summed E-state index contributed by atoms with van der Waals surface area (Å²) in [5.41, 5.74) is 5.44. The van der Waals surface area contributed by atoms with E-state index >= 15 is 0 Å². The summed E-state index contributed by atoms with van der Waals surface area (Å²) in [7, 11) is 0. The van der Waals surface area contributed by atoms with Gasteiger partial charge in [-0.3, -0.25) is 14.4 Å². The molecule has 0 aromatic heterocycles. The molecular weight excluding hydrogens is 778 g/mol. The molecule has 0 aliphatic carbocycles. The number of hydrogen-bond donors (Lipinski definition) is 9. The van der Waals surface area contributed by atoms with Gasteiger partial charge in [0, 0.05) is 26.1 Å². The van der Waals surface area contributed by atoms with E-state index in [2.05, 4.69) is 31.9 Å². The Balaban J connectivity index is 2.71. The quantitative estimate of drug-likeness (QED) is 0.0449. The molecule has 0 unspecified atom stereocenters. The maximum atomic E-state index is 13.7. The number of rotatable bonds is 32. The topological polar surface area (TPSA) is 296 Å². The molecule has 3 atom stereocenters. The standard InChI is InChI=1S/C38H65N7O14/c1-26(2)31(45-37(52)53)34(48)43-29(7-6-12-41-35(39)49)33(47)44-30(25-27-8-10-28(11-9-27)59-38(3,4)5)32(46)40-13-15-54-17-19-56-21-23-58-24-22-57-20-18-55-16-14-42-36(50)51/h8-11,26,29-31,42,45H,6-7,12-25H2,1-5H3,(H,40,46)(H,43,48)(H,44,47)(H,50,51)(H,52,53)(H3,39,41,49)/t29-,30-,31-/m0/s1. The van der Waals surface area contributed by atoms with Gasteiger partial charge in [-0.25, -0.2) is 14.4 Å². The molecule has 0 saturated heterocycles. The first kappa shape index (κ1) is 52.1. The largest absolute Gasteiger partial charge is 0.488 e. The average Bonchev–Trinajstić information content (AvgIpc) is 3.15. The van der Waals surface area contributed by atoms with Crippen molar-refractivity contribution in [2.45, 2.75) is 77.6 Å². The maximum absolute atomic E-state index is 13.7. The summed E-state index contributed by atoms with van der Waals surface area (Å²) in [5.74, 6) is -1.76. The smallest absolute Gasteiger partial charge is 0.405 e. The molecule has 336 valence electrons. The fourth-order valence-electron chi connectivity index (χ4n) is 5.06. The average molecular weight is 844 g/mol. The summed E-state index contributed by atoms with van der Waals surface area (Å²) in [5, 5.41) is 32.6. The minimum atomic E-state index is -1.41. The van der Waals surface area contributed by atoms with Crippen LogP contribution in [0.1, 0.15) is 53.0 Å². The molecule has 7 amide bonds. The molecule has 10 N–H and O–H groups in total. The van der Waals surface area contributed by atoms with E-state index in [1.165, 1.54) is 0 Å². The first-order valence-electron chi connectivity index (χ1n) is 19.5. The van der Waals surface area contributed by atoms with Gasteiger partial charge >= 0.3 is 18.2 Å². The highest BCUT2D eigenvalue weighted by molar-refractivity contribution is 5.94. The van der Waals surface area contributed by atoms with Crippen LogP contribution < -0.4 is 42.4 Å². The molecule has 0 bridgehead atoms. The van der Waals surface area contributed by atoms with Crippen molar-refractivity contribution < 1.29 is 67.4 Å². The van der Waals surface area contributed by atoms with Crippen LogP contribution in [0.25, 0.3) is 0 Å². The Morgan fingerprint density at radius 1 is 0.610 bits per heavy atom. The molecule has 1 aromatic rings. The van der Waals surface area contributed by atoms with E-state index in [1.807, 2.05) is 20.8 Å². The van der Waals surface area contributed by atoms with E-state index in [0.29, 0.717) is 51.0 Å². The first-order chi connectivity index (χ1) is 28.0. The minimum absolute atomic E-state index is 0.0352. The van der Waals surface area contributed by atoms with E-state index in [1.54, 1.807) is 38.1 Å². The second-order valence-electron chi connectivity index (χ2n) is 14.4. The van der Waals surface area contributed by atoms with Crippen LogP contribution >= 0.6 is 0 Å². The van der Waals surface area contributed by atoms with E-state index in [-0.39, 0.29) is 65.3 Å². The van der Waals surface area contributed by atoms with Crippen LogP contribution in [-0.4, -0.2) is 156 Å². The predicted octanol–water partition coefficient (Wildman–Crippen LogP) is 0.584. The lowest BCUT2D eigenvalue weighted by Crippen LogP contribution is -2.58. The Bertz CT molecular complexity index is 1400. The number of benzene rings is 1. The first-order valence-corrected chi connectivity index (χ1v) is 19.5. The zero-order valence-electron chi connectivity index (χ0n) is 34.8. The second kappa shape index (κ2) is 30.1. The molecule has 0 aliphatic heterocycles. The Morgan fingerprint density at radius 3 is 1.56 bits per heavy atom. The number of urea groups is 1. The summed E-state index contributed by atoms with van der Waals surface area (Å²) in [6.45, 7) is 12.5. The van der Waals surface area contributed by atoms with Gasteiger partial charge in [-0.15, -0.1) is 0 Å². The Hall–Kier alpha value is -4.96. The van der Waals surface area contributed by atoms with Gasteiger partial charge in [0.2, 0.25) is 17.7 Å². The molecule has 0 saturated carbocycles. The number of primary amides is 1. The third-order valence-corrected chi connectivity index (χ3v) is 7.81. The maximum Gasteiger partial charge on any atom is 0.405 e. The summed E-state index contributed by atoms with van der Waals surface area (Å²) in [4.78, 5) is 73.4. The van der Waals surface area contributed by atoms with Crippen molar-refractivity contribution >= 4 is 35.9 Å². The summed E-state index contributed by atoms with van der Waals surface area (Å²) >= 11 is 0. The highest BCUT2D eigenvalue weighted by Gasteiger charge is 2.31. The molecule has 21 heteroatoms. The lowest BCUT2D eigenvalue weighted by molar-refractivity contribution is -0.133.